The molecule has 0 fully saturated rings. The van der Waals surface area contributed by atoms with Crippen molar-refractivity contribution in [2.45, 2.75) is 6.42 Å². The minimum Gasteiger partial charge on any atom is -0.286 e. The predicted octanol–water partition coefficient (Wildman–Crippen LogP) is 4.00. The summed E-state index contributed by atoms with van der Waals surface area (Å²) >= 11 is 1.76. The van der Waals surface area contributed by atoms with Crippen molar-refractivity contribution in [1.82, 2.24) is 5.06 Å². The minimum absolute atomic E-state index is 0.258. The van der Waals surface area contributed by atoms with Crippen LogP contribution in [0.4, 0.5) is 0 Å². The van der Waals surface area contributed by atoms with Gasteiger partial charge in [-0.2, -0.15) is 0 Å². The van der Waals surface area contributed by atoms with E-state index in [0.29, 0.717) is 11.5 Å². The predicted molar refractivity (Wildman–Crippen MR) is 86.7 cm³/mol. The Hall–Kier alpha value is -2.17. The summed E-state index contributed by atoms with van der Waals surface area (Å²) in [6.45, 7) is 3.63. The molecule has 1 amide bonds. The van der Waals surface area contributed by atoms with Crippen LogP contribution in [-0.4, -0.2) is 22.7 Å². The Balaban J connectivity index is 1.99. The van der Waals surface area contributed by atoms with Crippen molar-refractivity contribution in [3.63, 3.8) is 0 Å². The number of amides is 1. The zero-order valence-electron chi connectivity index (χ0n) is 11.5. The molecule has 0 aliphatic heterocycles. The van der Waals surface area contributed by atoms with Gasteiger partial charge in [0.25, 0.3) is 5.91 Å². The Morgan fingerprint density at radius 1 is 1.19 bits per heavy atom. The number of carbonyl (C=O) groups is 1. The van der Waals surface area contributed by atoms with E-state index >= 15 is 0 Å². The highest BCUT2D eigenvalue weighted by Crippen LogP contribution is 2.35. The largest absolute Gasteiger partial charge is 0.286 e. The normalized spacial score (nSPS) is 10.9. The van der Waals surface area contributed by atoms with E-state index in [4.69, 9.17) is 0 Å². The second kappa shape index (κ2) is 5.68. The number of rotatable bonds is 4. The maximum Gasteiger partial charge on any atom is 0.269 e. The Morgan fingerprint density at radius 3 is 2.76 bits per heavy atom. The van der Waals surface area contributed by atoms with Gasteiger partial charge in [-0.25, -0.2) is 5.06 Å². The number of fused-ring (bicyclic) bond motifs is 3. The number of hydroxylamine groups is 2. The Bertz CT molecular complexity index is 822. The van der Waals surface area contributed by atoms with Crippen molar-refractivity contribution in [1.29, 1.82) is 0 Å². The summed E-state index contributed by atoms with van der Waals surface area (Å²) in [7, 11) is 0. The van der Waals surface area contributed by atoms with Gasteiger partial charge in [0.05, 0.1) is 6.54 Å². The number of benzene rings is 2. The first-order valence-electron chi connectivity index (χ1n) is 6.72. The van der Waals surface area contributed by atoms with Crippen molar-refractivity contribution in [3.8, 4) is 0 Å². The molecule has 0 bridgehead atoms. The van der Waals surface area contributed by atoms with Gasteiger partial charge in [-0.05, 0) is 30.2 Å². The molecule has 0 atom stereocenters. The van der Waals surface area contributed by atoms with E-state index in [9.17, 15) is 10.0 Å². The molecule has 0 radical (unpaired) electrons. The average molecular weight is 297 g/mol. The van der Waals surface area contributed by atoms with Gasteiger partial charge < -0.3 is 0 Å². The third-order valence-electron chi connectivity index (χ3n) is 3.51. The van der Waals surface area contributed by atoms with Crippen LogP contribution >= 0.6 is 11.3 Å². The summed E-state index contributed by atoms with van der Waals surface area (Å²) < 4.78 is 2.48. The summed E-state index contributed by atoms with van der Waals surface area (Å²) in [5.74, 6) is -0.475. The average Bonchev–Trinajstić information content (AvgIpc) is 2.90. The lowest BCUT2D eigenvalue weighted by atomic mass is 10.0. The van der Waals surface area contributed by atoms with E-state index in [1.807, 2.05) is 24.3 Å². The molecule has 0 saturated carbocycles. The smallest absolute Gasteiger partial charge is 0.269 e. The summed E-state index contributed by atoms with van der Waals surface area (Å²) in [5, 5.41) is 12.8. The molecule has 21 heavy (non-hydrogen) atoms. The quantitative estimate of drug-likeness (QED) is 0.449. The van der Waals surface area contributed by atoms with Gasteiger partial charge in [0, 0.05) is 20.2 Å². The maximum absolute atomic E-state index is 11.3. The van der Waals surface area contributed by atoms with E-state index in [1.165, 1.54) is 20.2 Å². The Morgan fingerprint density at radius 2 is 1.95 bits per heavy atom. The van der Waals surface area contributed by atoms with Crippen LogP contribution < -0.4 is 0 Å². The summed E-state index contributed by atoms with van der Waals surface area (Å²) in [6, 6.07) is 14.5. The second-order valence-corrected chi connectivity index (χ2v) is 5.89. The lowest BCUT2D eigenvalue weighted by Crippen LogP contribution is -2.27. The lowest BCUT2D eigenvalue weighted by molar-refractivity contribution is -0.159. The van der Waals surface area contributed by atoms with Gasteiger partial charge in [0.2, 0.25) is 0 Å². The van der Waals surface area contributed by atoms with Crippen molar-refractivity contribution >= 4 is 37.4 Å². The molecule has 106 valence electrons. The first-order chi connectivity index (χ1) is 10.2. The van der Waals surface area contributed by atoms with Crippen molar-refractivity contribution in [2.75, 3.05) is 6.54 Å². The molecule has 3 rings (SSSR count). The SMILES string of the molecule is C=CC(=O)N(O)CCc1cccc2sc3ccccc3c12. The fourth-order valence-corrected chi connectivity index (χ4v) is 3.65. The molecule has 0 spiro atoms. The molecule has 2 aromatic carbocycles. The second-order valence-electron chi connectivity index (χ2n) is 4.80. The van der Waals surface area contributed by atoms with Crippen LogP contribution in [-0.2, 0) is 11.2 Å². The number of hydrogen-bond donors (Lipinski definition) is 1. The van der Waals surface area contributed by atoms with Crippen LogP contribution in [0.2, 0.25) is 0 Å². The fourth-order valence-electron chi connectivity index (χ4n) is 2.50. The van der Waals surface area contributed by atoms with E-state index in [1.54, 1.807) is 11.3 Å². The standard InChI is InChI=1S/C17H15NO2S/c1-2-16(19)18(20)11-10-12-6-5-9-15-17(12)13-7-3-4-8-14(13)21-15/h2-9,20H,1,10-11H2. The molecule has 0 aliphatic carbocycles. The van der Waals surface area contributed by atoms with Crippen molar-refractivity contribution in [2.24, 2.45) is 0 Å². The maximum atomic E-state index is 11.3. The van der Waals surface area contributed by atoms with Gasteiger partial charge >= 0.3 is 0 Å². The molecular weight excluding hydrogens is 282 g/mol. The minimum atomic E-state index is -0.475. The van der Waals surface area contributed by atoms with Gasteiger partial charge in [0.15, 0.2) is 0 Å². The van der Waals surface area contributed by atoms with Crippen LogP contribution in [0.3, 0.4) is 0 Å². The molecule has 0 saturated heterocycles. The Labute approximate surface area is 126 Å². The van der Waals surface area contributed by atoms with Crippen LogP contribution in [0, 0.1) is 0 Å². The molecule has 3 nitrogen and oxygen atoms in total. The molecule has 1 N–H and O–H groups in total. The highest BCUT2D eigenvalue weighted by Gasteiger charge is 2.11. The third kappa shape index (κ3) is 2.55. The topological polar surface area (TPSA) is 40.5 Å². The molecular formula is C17H15NO2S. The first kappa shape index (κ1) is 13.8. The number of nitrogens with zero attached hydrogens (tertiary/aromatic N) is 1. The highest BCUT2D eigenvalue weighted by molar-refractivity contribution is 7.25. The third-order valence-corrected chi connectivity index (χ3v) is 4.65. The molecule has 0 unspecified atom stereocenters. The Kier molecular flexibility index (Phi) is 3.73. The van der Waals surface area contributed by atoms with E-state index < -0.39 is 5.91 Å². The van der Waals surface area contributed by atoms with E-state index in [-0.39, 0.29) is 6.54 Å². The van der Waals surface area contributed by atoms with Gasteiger partial charge in [-0.1, -0.05) is 36.9 Å². The zero-order valence-corrected chi connectivity index (χ0v) is 12.3. The van der Waals surface area contributed by atoms with Crippen molar-refractivity contribution in [3.05, 3.63) is 60.7 Å². The number of carbonyl (C=O) groups excluding carboxylic acids is 1. The number of hydrogen-bond acceptors (Lipinski definition) is 3. The fraction of sp³-hybridized carbons (Fsp3) is 0.118. The summed E-state index contributed by atoms with van der Waals surface area (Å²) in [4.78, 5) is 11.3. The molecule has 1 heterocycles. The van der Waals surface area contributed by atoms with Gasteiger partial charge in [0.1, 0.15) is 0 Å². The first-order valence-corrected chi connectivity index (χ1v) is 7.54. The van der Waals surface area contributed by atoms with Crippen LogP contribution in [0.25, 0.3) is 20.2 Å². The zero-order chi connectivity index (χ0) is 14.8. The monoisotopic (exact) mass is 297 g/mol. The molecule has 4 heteroatoms. The van der Waals surface area contributed by atoms with Gasteiger partial charge in [-0.15, -0.1) is 11.3 Å². The van der Waals surface area contributed by atoms with Crippen LogP contribution in [0.1, 0.15) is 5.56 Å². The van der Waals surface area contributed by atoms with Gasteiger partial charge in [-0.3, -0.25) is 10.0 Å². The molecule has 3 aromatic rings. The van der Waals surface area contributed by atoms with E-state index in [2.05, 4.69) is 24.8 Å². The van der Waals surface area contributed by atoms with Crippen LogP contribution in [0.15, 0.2) is 55.1 Å². The molecule has 0 aliphatic rings. The summed E-state index contributed by atoms with van der Waals surface area (Å²) in [6.07, 6.45) is 1.72. The lowest BCUT2D eigenvalue weighted by Gasteiger charge is -2.13. The number of thiophene rings is 1. The van der Waals surface area contributed by atoms with E-state index in [0.717, 1.165) is 11.6 Å². The van der Waals surface area contributed by atoms with Crippen molar-refractivity contribution < 1.29 is 10.0 Å². The summed E-state index contributed by atoms with van der Waals surface area (Å²) in [5.41, 5.74) is 1.14. The molecule has 1 aromatic heterocycles. The van der Waals surface area contributed by atoms with Crippen LogP contribution in [0.5, 0.6) is 0 Å². The highest BCUT2D eigenvalue weighted by atomic mass is 32.1.